The Morgan fingerprint density at radius 2 is 1.71 bits per heavy atom. The second kappa shape index (κ2) is 7.06. The Morgan fingerprint density at radius 3 is 2.25 bits per heavy atom. The fourth-order valence-electron chi connectivity index (χ4n) is 2.04. The van der Waals surface area contributed by atoms with Crippen LogP contribution in [0.2, 0.25) is 0 Å². The third kappa shape index (κ3) is 3.77. The molecule has 0 amide bonds. The molecule has 0 radical (unpaired) electrons. The van der Waals surface area contributed by atoms with Crippen LogP contribution in [0.3, 0.4) is 0 Å². The van der Waals surface area contributed by atoms with E-state index in [-0.39, 0.29) is 17.0 Å². The van der Waals surface area contributed by atoms with Crippen molar-refractivity contribution in [3.05, 3.63) is 65.2 Å². The average molecular weight is 355 g/mol. The molecule has 0 saturated heterocycles. The van der Waals surface area contributed by atoms with Gasteiger partial charge in [0, 0.05) is 13.6 Å². The smallest absolute Gasteiger partial charge is 0.337 e. The van der Waals surface area contributed by atoms with Crippen molar-refractivity contribution in [2.24, 2.45) is 0 Å². The van der Waals surface area contributed by atoms with Crippen molar-refractivity contribution in [2.75, 3.05) is 14.2 Å². The SMILES string of the molecule is COC(=O)c1ccc(S(=O)(=O)N(C)Cc2ccc(F)c(F)c2)cc1. The molecule has 0 N–H and O–H groups in total. The van der Waals surface area contributed by atoms with Crippen LogP contribution in [0.15, 0.2) is 47.4 Å². The van der Waals surface area contributed by atoms with E-state index in [0.717, 1.165) is 16.4 Å². The van der Waals surface area contributed by atoms with Gasteiger partial charge in [0.25, 0.3) is 0 Å². The zero-order chi connectivity index (χ0) is 17.9. The van der Waals surface area contributed by atoms with Gasteiger partial charge in [0.2, 0.25) is 10.0 Å². The maximum Gasteiger partial charge on any atom is 0.337 e. The second-order valence-electron chi connectivity index (χ2n) is 5.03. The number of rotatable bonds is 5. The molecule has 0 aliphatic carbocycles. The highest BCUT2D eigenvalue weighted by molar-refractivity contribution is 7.89. The fourth-order valence-corrected chi connectivity index (χ4v) is 3.20. The van der Waals surface area contributed by atoms with E-state index in [4.69, 9.17) is 0 Å². The first-order chi connectivity index (χ1) is 11.3. The summed E-state index contributed by atoms with van der Waals surface area (Å²) >= 11 is 0. The van der Waals surface area contributed by atoms with E-state index in [1.165, 1.54) is 44.5 Å². The van der Waals surface area contributed by atoms with Gasteiger partial charge in [-0.15, -0.1) is 0 Å². The molecule has 0 spiro atoms. The van der Waals surface area contributed by atoms with Gasteiger partial charge < -0.3 is 4.74 Å². The quantitative estimate of drug-likeness (QED) is 0.774. The maximum absolute atomic E-state index is 13.2. The van der Waals surface area contributed by atoms with Gasteiger partial charge in [0.15, 0.2) is 11.6 Å². The number of hydrogen-bond donors (Lipinski definition) is 0. The van der Waals surface area contributed by atoms with Gasteiger partial charge in [-0.1, -0.05) is 6.07 Å². The van der Waals surface area contributed by atoms with Crippen LogP contribution in [0.4, 0.5) is 8.78 Å². The van der Waals surface area contributed by atoms with Crippen LogP contribution in [0.25, 0.3) is 0 Å². The monoisotopic (exact) mass is 355 g/mol. The first-order valence-corrected chi connectivity index (χ1v) is 8.28. The highest BCUT2D eigenvalue weighted by Crippen LogP contribution is 2.18. The summed E-state index contributed by atoms with van der Waals surface area (Å²) in [7, 11) is -1.30. The van der Waals surface area contributed by atoms with E-state index < -0.39 is 27.6 Å². The molecule has 2 aromatic carbocycles. The normalized spacial score (nSPS) is 11.5. The van der Waals surface area contributed by atoms with Crippen LogP contribution in [0.1, 0.15) is 15.9 Å². The highest BCUT2D eigenvalue weighted by Gasteiger charge is 2.21. The summed E-state index contributed by atoms with van der Waals surface area (Å²) in [5.74, 6) is -2.61. The predicted molar refractivity (Wildman–Crippen MR) is 82.8 cm³/mol. The van der Waals surface area contributed by atoms with Crippen molar-refractivity contribution in [3.8, 4) is 0 Å². The summed E-state index contributed by atoms with van der Waals surface area (Å²) in [6, 6.07) is 8.43. The van der Waals surface area contributed by atoms with Crippen molar-refractivity contribution in [2.45, 2.75) is 11.4 Å². The molecule has 0 unspecified atom stereocenters. The number of ether oxygens (including phenoxy) is 1. The molecule has 24 heavy (non-hydrogen) atoms. The van der Waals surface area contributed by atoms with E-state index in [1.54, 1.807) is 0 Å². The molecular weight excluding hydrogens is 340 g/mol. The third-order valence-electron chi connectivity index (χ3n) is 3.37. The number of sulfonamides is 1. The number of benzene rings is 2. The van der Waals surface area contributed by atoms with Crippen LogP contribution >= 0.6 is 0 Å². The van der Waals surface area contributed by atoms with E-state index in [1.807, 2.05) is 0 Å². The minimum Gasteiger partial charge on any atom is -0.465 e. The maximum atomic E-state index is 13.2. The summed E-state index contributed by atoms with van der Waals surface area (Å²) in [5.41, 5.74) is 0.533. The van der Waals surface area contributed by atoms with Crippen LogP contribution in [-0.2, 0) is 21.3 Å². The molecule has 2 aromatic rings. The number of methoxy groups -OCH3 is 1. The van der Waals surface area contributed by atoms with Gasteiger partial charge in [-0.3, -0.25) is 0 Å². The van der Waals surface area contributed by atoms with Crippen LogP contribution in [0.5, 0.6) is 0 Å². The van der Waals surface area contributed by atoms with Gasteiger partial charge in [0.1, 0.15) is 0 Å². The fraction of sp³-hybridized carbons (Fsp3) is 0.188. The summed E-state index contributed by atoms with van der Waals surface area (Å²) in [4.78, 5) is 11.3. The topological polar surface area (TPSA) is 63.7 Å². The molecule has 0 saturated carbocycles. The molecule has 0 aliphatic rings. The number of carbonyl (C=O) groups excluding carboxylic acids is 1. The summed E-state index contributed by atoms with van der Waals surface area (Å²) < 4.78 is 56.7. The average Bonchev–Trinajstić information content (AvgIpc) is 2.57. The Kier molecular flexibility index (Phi) is 5.30. The van der Waals surface area contributed by atoms with Gasteiger partial charge in [-0.2, -0.15) is 4.31 Å². The molecule has 0 heterocycles. The highest BCUT2D eigenvalue weighted by atomic mass is 32.2. The summed E-state index contributed by atoms with van der Waals surface area (Å²) in [6.07, 6.45) is 0. The lowest BCUT2D eigenvalue weighted by Crippen LogP contribution is -2.26. The van der Waals surface area contributed by atoms with Crippen molar-refractivity contribution >= 4 is 16.0 Å². The van der Waals surface area contributed by atoms with Gasteiger partial charge in [-0.05, 0) is 42.0 Å². The predicted octanol–water partition coefficient (Wildman–Crippen LogP) is 2.57. The Bertz CT molecular complexity index is 851. The van der Waals surface area contributed by atoms with Gasteiger partial charge in [-0.25, -0.2) is 22.0 Å². The van der Waals surface area contributed by atoms with Crippen LogP contribution < -0.4 is 0 Å². The number of hydrogen-bond acceptors (Lipinski definition) is 4. The molecule has 5 nitrogen and oxygen atoms in total. The number of carbonyl (C=O) groups is 1. The van der Waals surface area contributed by atoms with E-state index in [9.17, 15) is 22.0 Å². The Morgan fingerprint density at radius 1 is 1.08 bits per heavy atom. The summed E-state index contributed by atoms with van der Waals surface area (Å²) in [5, 5.41) is 0. The molecule has 0 atom stereocenters. The molecule has 0 bridgehead atoms. The largest absolute Gasteiger partial charge is 0.465 e. The van der Waals surface area contributed by atoms with Crippen molar-refractivity contribution < 1.29 is 26.7 Å². The zero-order valence-corrected chi connectivity index (χ0v) is 13.8. The lowest BCUT2D eigenvalue weighted by molar-refractivity contribution is 0.0600. The Hall–Kier alpha value is -2.32. The molecule has 0 fully saturated rings. The molecule has 0 aromatic heterocycles. The molecule has 2 rings (SSSR count). The second-order valence-corrected chi connectivity index (χ2v) is 7.07. The van der Waals surface area contributed by atoms with E-state index in [2.05, 4.69) is 4.74 Å². The lowest BCUT2D eigenvalue weighted by atomic mass is 10.2. The van der Waals surface area contributed by atoms with Crippen molar-refractivity contribution in [1.82, 2.24) is 4.31 Å². The standard InChI is InChI=1S/C16H15F2NO4S/c1-19(10-11-3-8-14(17)15(18)9-11)24(21,22)13-6-4-12(5-7-13)16(20)23-2/h3-9H,10H2,1-2H3. The van der Waals surface area contributed by atoms with Crippen molar-refractivity contribution in [3.63, 3.8) is 0 Å². The molecular formula is C16H15F2NO4S. The molecule has 8 heteroatoms. The first kappa shape index (κ1) is 18.0. The minimum atomic E-state index is -3.84. The van der Waals surface area contributed by atoms with Crippen LogP contribution in [-0.4, -0.2) is 32.8 Å². The molecule has 0 aliphatic heterocycles. The zero-order valence-electron chi connectivity index (χ0n) is 13.0. The minimum absolute atomic E-state index is 0.0276. The number of esters is 1. The van der Waals surface area contributed by atoms with E-state index >= 15 is 0 Å². The Labute approximate surface area is 138 Å². The molecule has 128 valence electrons. The first-order valence-electron chi connectivity index (χ1n) is 6.84. The van der Waals surface area contributed by atoms with Crippen LogP contribution in [0, 0.1) is 11.6 Å². The summed E-state index contributed by atoms with van der Waals surface area (Å²) in [6.45, 7) is -0.127. The number of nitrogens with zero attached hydrogens (tertiary/aromatic N) is 1. The lowest BCUT2D eigenvalue weighted by Gasteiger charge is -2.17. The Balaban J connectivity index is 2.22. The van der Waals surface area contributed by atoms with Crippen molar-refractivity contribution in [1.29, 1.82) is 0 Å². The van der Waals surface area contributed by atoms with Gasteiger partial charge >= 0.3 is 5.97 Å². The van der Waals surface area contributed by atoms with E-state index in [0.29, 0.717) is 5.56 Å². The number of halogens is 2. The third-order valence-corrected chi connectivity index (χ3v) is 5.19. The van der Waals surface area contributed by atoms with Gasteiger partial charge in [0.05, 0.1) is 17.6 Å².